The molecule has 0 radical (unpaired) electrons. The maximum atomic E-state index is 12.4. The number of hydrogen-bond acceptors (Lipinski definition) is 3. The lowest BCUT2D eigenvalue weighted by Gasteiger charge is -2.52. The van der Waals surface area contributed by atoms with Crippen molar-refractivity contribution in [2.24, 2.45) is 0 Å². The van der Waals surface area contributed by atoms with E-state index in [2.05, 4.69) is 0 Å². The van der Waals surface area contributed by atoms with E-state index in [0.717, 1.165) is 30.6 Å². The van der Waals surface area contributed by atoms with Gasteiger partial charge in [0.05, 0.1) is 6.07 Å². The first-order chi connectivity index (χ1) is 10.2. The molecule has 1 amide bonds. The minimum atomic E-state index is -1.40. The average molecular weight is 321 g/mol. The highest BCUT2D eigenvalue weighted by atomic mass is 35.5. The van der Waals surface area contributed by atoms with Crippen molar-refractivity contribution in [1.29, 1.82) is 5.26 Å². The molecule has 3 nitrogen and oxygen atoms in total. The third-order valence-electron chi connectivity index (χ3n) is 4.26. The lowest BCUT2D eigenvalue weighted by atomic mass is 9.88. The van der Waals surface area contributed by atoms with Crippen molar-refractivity contribution in [2.75, 3.05) is 0 Å². The van der Waals surface area contributed by atoms with Gasteiger partial charge in [0.15, 0.2) is 0 Å². The second kappa shape index (κ2) is 5.90. The maximum absolute atomic E-state index is 12.4. The van der Waals surface area contributed by atoms with Gasteiger partial charge in [-0.05, 0) is 25.0 Å². The number of benzene rings is 1. The number of amides is 1. The summed E-state index contributed by atoms with van der Waals surface area (Å²) >= 11 is 7.82. The van der Waals surface area contributed by atoms with Crippen LogP contribution in [0.4, 0.5) is 0 Å². The van der Waals surface area contributed by atoms with E-state index in [1.807, 2.05) is 41.3 Å². The molecule has 1 aromatic rings. The monoisotopic (exact) mass is 320 g/mol. The Bertz CT molecular complexity index is 567. The second-order valence-electron chi connectivity index (χ2n) is 5.61. The number of likely N-dealkylation sites (tertiary alicyclic amines) is 1. The van der Waals surface area contributed by atoms with Crippen molar-refractivity contribution in [1.82, 2.24) is 4.90 Å². The van der Waals surface area contributed by atoms with E-state index in [9.17, 15) is 10.1 Å². The van der Waals surface area contributed by atoms with Gasteiger partial charge in [-0.3, -0.25) is 4.79 Å². The highest BCUT2D eigenvalue weighted by molar-refractivity contribution is 8.00. The molecule has 1 aliphatic carbocycles. The van der Waals surface area contributed by atoms with Gasteiger partial charge in [0.2, 0.25) is 4.87 Å². The first-order valence-electron chi connectivity index (χ1n) is 7.31. The average Bonchev–Trinajstić information content (AvgIpc) is 2.55. The van der Waals surface area contributed by atoms with Gasteiger partial charge in [-0.25, -0.2) is 0 Å². The molecule has 110 valence electrons. The summed E-state index contributed by atoms with van der Waals surface area (Å²) in [6.07, 6.45) is 5.59. The molecule has 2 atom stereocenters. The largest absolute Gasteiger partial charge is 0.321 e. The van der Waals surface area contributed by atoms with Gasteiger partial charge in [0, 0.05) is 10.9 Å². The molecular weight excluding hydrogens is 304 g/mol. The molecule has 0 bridgehead atoms. The lowest BCUT2D eigenvalue weighted by Crippen LogP contribution is -2.71. The van der Waals surface area contributed by atoms with Crippen LogP contribution in [0.5, 0.6) is 0 Å². The van der Waals surface area contributed by atoms with Gasteiger partial charge in [-0.1, -0.05) is 60.8 Å². The quantitative estimate of drug-likeness (QED) is 0.629. The fraction of sp³-hybridized carbons (Fsp3) is 0.500. The number of β-lactam (4-membered cyclic amide) rings is 1. The van der Waals surface area contributed by atoms with Crippen molar-refractivity contribution >= 4 is 29.3 Å². The third-order valence-corrected chi connectivity index (χ3v) is 6.19. The molecule has 1 heterocycles. The summed E-state index contributed by atoms with van der Waals surface area (Å²) in [6.45, 7) is 0. The predicted octanol–water partition coefficient (Wildman–Crippen LogP) is 3.78. The summed E-state index contributed by atoms with van der Waals surface area (Å²) in [4.78, 5) is 13.9. The van der Waals surface area contributed by atoms with Crippen LogP contribution >= 0.6 is 23.4 Å². The van der Waals surface area contributed by atoms with Crippen molar-refractivity contribution in [3.63, 3.8) is 0 Å². The molecule has 1 aliphatic heterocycles. The Morgan fingerprint density at radius 2 is 1.90 bits per heavy atom. The number of carbonyl (C=O) groups is 1. The molecule has 1 aromatic carbocycles. The third kappa shape index (κ3) is 2.54. The topological polar surface area (TPSA) is 44.1 Å². The smallest absolute Gasteiger partial charge is 0.262 e. The van der Waals surface area contributed by atoms with Crippen LogP contribution in [0.15, 0.2) is 35.2 Å². The summed E-state index contributed by atoms with van der Waals surface area (Å²) in [5, 5.41) is 9.05. The molecule has 0 spiro atoms. The number of halogens is 1. The Labute approximate surface area is 134 Å². The maximum Gasteiger partial charge on any atom is 0.262 e. The van der Waals surface area contributed by atoms with Crippen molar-refractivity contribution in [3.8, 4) is 6.07 Å². The second-order valence-corrected chi connectivity index (χ2v) is 7.36. The lowest BCUT2D eigenvalue weighted by molar-refractivity contribution is -0.149. The number of hydrogen-bond donors (Lipinski definition) is 0. The fourth-order valence-corrected chi connectivity index (χ4v) is 4.72. The van der Waals surface area contributed by atoms with Gasteiger partial charge in [0.25, 0.3) is 5.91 Å². The number of thioether (sulfide) groups is 1. The van der Waals surface area contributed by atoms with E-state index in [1.54, 1.807) is 0 Å². The number of nitriles is 1. The molecule has 3 rings (SSSR count). The Morgan fingerprint density at radius 1 is 1.24 bits per heavy atom. The minimum absolute atomic E-state index is 0.216. The van der Waals surface area contributed by atoms with Crippen LogP contribution in [0.2, 0.25) is 0 Å². The fourth-order valence-electron chi connectivity index (χ4n) is 3.11. The van der Waals surface area contributed by atoms with Gasteiger partial charge in [-0.2, -0.15) is 5.26 Å². The van der Waals surface area contributed by atoms with Crippen LogP contribution in [0.3, 0.4) is 0 Å². The van der Waals surface area contributed by atoms with Crippen LogP contribution < -0.4 is 0 Å². The van der Waals surface area contributed by atoms with Crippen LogP contribution in [0, 0.1) is 11.3 Å². The Balaban J connectivity index is 1.82. The first-order valence-corrected chi connectivity index (χ1v) is 8.57. The zero-order valence-electron chi connectivity index (χ0n) is 11.7. The Hall–Kier alpha value is -1.18. The number of rotatable bonds is 3. The van der Waals surface area contributed by atoms with Crippen molar-refractivity contribution in [3.05, 3.63) is 30.3 Å². The summed E-state index contributed by atoms with van der Waals surface area (Å²) in [6, 6.07) is 12.1. The summed E-state index contributed by atoms with van der Waals surface area (Å²) in [5.74, 6) is -0.216. The molecule has 1 saturated carbocycles. The standard InChI is InChI=1S/C16H17ClN2OS/c17-16(11-18)14(20)19(12-7-3-1-4-8-12)15(16)21-13-9-5-2-6-10-13/h2,5-6,9-10,12,15H,1,3-4,7-8H2/t15-,16-/m0/s1. The first kappa shape index (κ1) is 14.7. The van der Waals surface area contributed by atoms with Crippen molar-refractivity contribution in [2.45, 2.75) is 53.3 Å². The summed E-state index contributed by atoms with van der Waals surface area (Å²) < 4.78 is 0. The number of carbonyl (C=O) groups excluding carboxylic acids is 1. The van der Waals surface area contributed by atoms with Crippen molar-refractivity contribution < 1.29 is 4.79 Å². The number of nitrogens with zero attached hydrogens (tertiary/aromatic N) is 2. The molecule has 5 heteroatoms. The van der Waals surface area contributed by atoms with Gasteiger partial charge in [-0.15, -0.1) is 0 Å². The van der Waals surface area contributed by atoms with Crippen LogP contribution in [0.25, 0.3) is 0 Å². The number of alkyl halides is 1. The van der Waals surface area contributed by atoms with Crippen LogP contribution in [-0.4, -0.2) is 27.1 Å². The highest BCUT2D eigenvalue weighted by Crippen LogP contribution is 2.48. The van der Waals surface area contributed by atoms with E-state index < -0.39 is 4.87 Å². The summed E-state index contributed by atoms with van der Waals surface area (Å²) in [7, 11) is 0. The normalized spacial score (nSPS) is 29.8. The zero-order chi connectivity index (χ0) is 14.9. The molecule has 1 saturated heterocycles. The van der Waals surface area contributed by atoms with E-state index >= 15 is 0 Å². The molecule has 21 heavy (non-hydrogen) atoms. The van der Waals surface area contributed by atoms with Crippen LogP contribution in [0.1, 0.15) is 32.1 Å². The van der Waals surface area contributed by atoms with E-state index in [-0.39, 0.29) is 17.3 Å². The SMILES string of the molecule is N#C[C@]1(Cl)C(=O)N(C2CCCCC2)[C@H]1Sc1ccccc1. The van der Waals surface area contributed by atoms with E-state index in [1.165, 1.54) is 18.2 Å². The molecular formula is C16H17ClN2OS. The van der Waals surface area contributed by atoms with Crippen LogP contribution in [-0.2, 0) is 4.79 Å². The minimum Gasteiger partial charge on any atom is -0.321 e. The Kier molecular flexibility index (Phi) is 4.14. The highest BCUT2D eigenvalue weighted by Gasteiger charge is 2.63. The predicted molar refractivity (Wildman–Crippen MR) is 84.0 cm³/mol. The van der Waals surface area contributed by atoms with Gasteiger partial charge >= 0.3 is 0 Å². The summed E-state index contributed by atoms with van der Waals surface area (Å²) in [5.41, 5.74) is 0. The Morgan fingerprint density at radius 3 is 2.52 bits per heavy atom. The molecule has 0 aromatic heterocycles. The van der Waals surface area contributed by atoms with Gasteiger partial charge < -0.3 is 4.90 Å². The zero-order valence-corrected chi connectivity index (χ0v) is 13.2. The van der Waals surface area contributed by atoms with Gasteiger partial charge in [0.1, 0.15) is 5.37 Å². The molecule has 2 fully saturated rings. The molecule has 2 aliphatic rings. The molecule has 0 N–H and O–H groups in total. The van der Waals surface area contributed by atoms with E-state index in [4.69, 9.17) is 11.6 Å². The van der Waals surface area contributed by atoms with E-state index in [0.29, 0.717) is 0 Å². The molecule has 0 unspecified atom stereocenters.